The molecule has 0 radical (unpaired) electrons. The summed E-state index contributed by atoms with van der Waals surface area (Å²) in [7, 11) is 0. The number of aryl methyl sites for hydroxylation is 1. The number of hydrogen-bond acceptors (Lipinski definition) is 6. The summed E-state index contributed by atoms with van der Waals surface area (Å²) in [5, 5.41) is 6.57. The molecular weight excluding hydrogens is 280 g/mol. The van der Waals surface area contributed by atoms with Gasteiger partial charge in [-0.3, -0.25) is 0 Å². The van der Waals surface area contributed by atoms with Crippen LogP contribution in [0.3, 0.4) is 0 Å². The number of nitrogens with one attached hydrogen (secondary N) is 2. The second-order valence-electron chi connectivity index (χ2n) is 5.47. The summed E-state index contributed by atoms with van der Waals surface area (Å²) in [6, 6.07) is 7.97. The largest absolute Gasteiger partial charge is 0.486 e. The van der Waals surface area contributed by atoms with Gasteiger partial charge in [-0.1, -0.05) is 0 Å². The summed E-state index contributed by atoms with van der Waals surface area (Å²) in [5.41, 5.74) is 0.901. The molecule has 0 amide bonds. The number of ether oxygens (including phenoxy) is 2. The van der Waals surface area contributed by atoms with Crippen molar-refractivity contribution in [1.29, 1.82) is 0 Å². The molecule has 1 aliphatic heterocycles. The Kier molecular flexibility index (Phi) is 4.00. The van der Waals surface area contributed by atoms with Gasteiger partial charge in [0.2, 0.25) is 0 Å². The average molecular weight is 300 g/mol. The van der Waals surface area contributed by atoms with Crippen LogP contribution in [0.1, 0.15) is 19.7 Å². The molecule has 3 rings (SSSR count). The van der Waals surface area contributed by atoms with Crippen molar-refractivity contribution in [1.82, 2.24) is 9.97 Å². The van der Waals surface area contributed by atoms with Gasteiger partial charge in [-0.05, 0) is 32.9 Å². The smallest absolute Gasteiger partial charge is 0.163 e. The van der Waals surface area contributed by atoms with E-state index in [0.29, 0.717) is 25.1 Å². The van der Waals surface area contributed by atoms with E-state index < -0.39 is 0 Å². The van der Waals surface area contributed by atoms with Crippen molar-refractivity contribution < 1.29 is 9.47 Å². The number of anilines is 3. The minimum Gasteiger partial charge on any atom is -0.486 e. The van der Waals surface area contributed by atoms with Gasteiger partial charge < -0.3 is 20.1 Å². The molecule has 0 saturated heterocycles. The van der Waals surface area contributed by atoms with Crippen LogP contribution in [0.5, 0.6) is 11.5 Å². The normalized spacial score (nSPS) is 13.1. The number of benzene rings is 1. The first-order chi connectivity index (χ1) is 10.6. The molecule has 0 fully saturated rings. The lowest BCUT2D eigenvalue weighted by molar-refractivity contribution is 0.171. The van der Waals surface area contributed by atoms with Gasteiger partial charge in [0.05, 0.1) is 0 Å². The molecule has 0 saturated carbocycles. The Morgan fingerprint density at radius 1 is 1.00 bits per heavy atom. The highest BCUT2D eigenvalue weighted by Crippen LogP contribution is 2.33. The van der Waals surface area contributed by atoms with Crippen molar-refractivity contribution in [3.8, 4) is 11.5 Å². The first-order valence-electron chi connectivity index (χ1n) is 7.39. The quantitative estimate of drug-likeness (QED) is 0.904. The molecule has 1 aromatic heterocycles. The van der Waals surface area contributed by atoms with Gasteiger partial charge in [0.15, 0.2) is 11.5 Å². The lowest BCUT2D eigenvalue weighted by atomic mass is 10.2. The molecule has 1 aliphatic rings. The third kappa shape index (κ3) is 3.39. The van der Waals surface area contributed by atoms with Gasteiger partial charge in [0, 0.05) is 23.9 Å². The lowest BCUT2D eigenvalue weighted by Crippen LogP contribution is -2.15. The van der Waals surface area contributed by atoms with E-state index in [4.69, 9.17) is 9.47 Å². The Morgan fingerprint density at radius 3 is 2.50 bits per heavy atom. The highest BCUT2D eigenvalue weighted by atomic mass is 16.6. The van der Waals surface area contributed by atoms with E-state index in [1.807, 2.05) is 31.2 Å². The Hall–Kier alpha value is -2.50. The highest BCUT2D eigenvalue weighted by molar-refractivity contribution is 5.63. The van der Waals surface area contributed by atoms with Gasteiger partial charge in [0.25, 0.3) is 0 Å². The van der Waals surface area contributed by atoms with E-state index >= 15 is 0 Å². The second-order valence-corrected chi connectivity index (χ2v) is 5.47. The van der Waals surface area contributed by atoms with Gasteiger partial charge in [0.1, 0.15) is 30.7 Å². The molecule has 0 bridgehead atoms. The van der Waals surface area contributed by atoms with Gasteiger partial charge in [-0.2, -0.15) is 0 Å². The van der Waals surface area contributed by atoms with Crippen molar-refractivity contribution >= 4 is 17.3 Å². The van der Waals surface area contributed by atoms with Crippen LogP contribution in [0.2, 0.25) is 0 Å². The van der Waals surface area contributed by atoms with E-state index in [0.717, 1.165) is 28.8 Å². The lowest BCUT2D eigenvalue weighted by Gasteiger charge is -2.19. The van der Waals surface area contributed by atoms with E-state index in [-0.39, 0.29) is 0 Å². The third-order valence-electron chi connectivity index (χ3n) is 3.09. The van der Waals surface area contributed by atoms with Crippen LogP contribution in [-0.2, 0) is 0 Å². The van der Waals surface area contributed by atoms with Gasteiger partial charge in [-0.25, -0.2) is 9.97 Å². The molecule has 2 heterocycles. The van der Waals surface area contributed by atoms with Crippen LogP contribution < -0.4 is 20.1 Å². The van der Waals surface area contributed by atoms with Crippen molar-refractivity contribution in [3.05, 3.63) is 30.1 Å². The fourth-order valence-electron chi connectivity index (χ4n) is 2.27. The zero-order chi connectivity index (χ0) is 15.5. The maximum Gasteiger partial charge on any atom is 0.163 e. The maximum atomic E-state index is 5.59. The monoisotopic (exact) mass is 300 g/mol. The Labute approximate surface area is 129 Å². The molecule has 6 heteroatoms. The molecule has 116 valence electrons. The topological polar surface area (TPSA) is 68.3 Å². The van der Waals surface area contributed by atoms with E-state index in [2.05, 4.69) is 34.4 Å². The predicted octanol–water partition coefficient (Wildman–Crippen LogP) is 3.12. The molecule has 0 atom stereocenters. The number of fused-ring (bicyclic) bond motifs is 1. The van der Waals surface area contributed by atoms with E-state index in [1.165, 1.54) is 0 Å². The highest BCUT2D eigenvalue weighted by Gasteiger charge is 2.12. The minimum atomic E-state index is 0.316. The molecule has 22 heavy (non-hydrogen) atoms. The molecule has 1 aromatic carbocycles. The zero-order valence-electron chi connectivity index (χ0n) is 13.0. The molecule has 6 nitrogen and oxygen atoms in total. The minimum absolute atomic E-state index is 0.316. The Balaban J connectivity index is 1.82. The maximum absolute atomic E-state index is 5.59. The molecule has 0 aliphatic carbocycles. The van der Waals surface area contributed by atoms with E-state index in [9.17, 15) is 0 Å². The number of aromatic nitrogens is 2. The Morgan fingerprint density at radius 2 is 1.73 bits per heavy atom. The summed E-state index contributed by atoms with van der Waals surface area (Å²) in [4.78, 5) is 8.79. The third-order valence-corrected chi connectivity index (χ3v) is 3.09. The predicted molar refractivity (Wildman–Crippen MR) is 86.2 cm³/mol. The van der Waals surface area contributed by atoms with E-state index in [1.54, 1.807) is 0 Å². The molecule has 2 aromatic rings. The van der Waals surface area contributed by atoms with Gasteiger partial charge >= 0.3 is 0 Å². The SMILES string of the molecule is Cc1nc(Nc2ccc3c(c2)OCCO3)cc(NC(C)C)n1. The van der Waals surface area contributed by atoms with Crippen molar-refractivity contribution in [2.24, 2.45) is 0 Å². The number of rotatable bonds is 4. The van der Waals surface area contributed by atoms with Crippen molar-refractivity contribution in [3.63, 3.8) is 0 Å². The molecule has 2 N–H and O–H groups in total. The first kappa shape index (κ1) is 14.4. The van der Waals surface area contributed by atoms with Crippen LogP contribution in [-0.4, -0.2) is 29.2 Å². The summed E-state index contributed by atoms with van der Waals surface area (Å²) < 4.78 is 11.1. The Bertz CT molecular complexity index is 673. The van der Waals surface area contributed by atoms with Gasteiger partial charge in [-0.15, -0.1) is 0 Å². The fraction of sp³-hybridized carbons (Fsp3) is 0.375. The first-order valence-corrected chi connectivity index (χ1v) is 7.39. The van der Waals surface area contributed by atoms with Crippen LogP contribution in [0.25, 0.3) is 0 Å². The summed E-state index contributed by atoms with van der Waals surface area (Å²) in [6.07, 6.45) is 0. The summed E-state index contributed by atoms with van der Waals surface area (Å²) >= 11 is 0. The summed E-state index contributed by atoms with van der Waals surface area (Å²) in [5.74, 6) is 3.79. The molecule has 0 unspecified atom stereocenters. The standard InChI is InChI=1S/C16H20N4O2/c1-10(2)17-15-9-16(19-11(3)18-15)20-12-4-5-13-14(8-12)22-7-6-21-13/h4-5,8-10H,6-7H2,1-3H3,(H2,17,18,19,20). The number of hydrogen-bond donors (Lipinski definition) is 2. The summed E-state index contributed by atoms with van der Waals surface area (Å²) in [6.45, 7) is 7.19. The average Bonchev–Trinajstić information content (AvgIpc) is 2.45. The van der Waals surface area contributed by atoms with Crippen molar-refractivity contribution in [2.45, 2.75) is 26.8 Å². The molecule has 0 spiro atoms. The number of nitrogens with zero attached hydrogens (tertiary/aromatic N) is 2. The second kappa shape index (κ2) is 6.09. The van der Waals surface area contributed by atoms with Crippen molar-refractivity contribution in [2.75, 3.05) is 23.8 Å². The van der Waals surface area contributed by atoms with Crippen LogP contribution in [0, 0.1) is 6.92 Å². The zero-order valence-corrected chi connectivity index (χ0v) is 13.0. The fourth-order valence-corrected chi connectivity index (χ4v) is 2.27. The van der Waals surface area contributed by atoms with Crippen LogP contribution >= 0.6 is 0 Å². The molecular formula is C16H20N4O2. The van der Waals surface area contributed by atoms with Crippen LogP contribution in [0.15, 0.2) is 24.3 Å². The van der Waals surface area contributed by atoms with Crippen LogP contribution in [0.4, 0.5) is 17.3 Å².